The Morgan fingerprint density at radius 3 is 2.68 bits per heavy atom. The van der Waals surface area contributed by atoms with Crippen molar-refractivity contribution < 1.29 is 4.39 Å². The normalized spacial score (nSPS) is 11.8. The van der Waals surface area contributed by atoms with Crippen LogP contribution in [0.3, 0.4) is 0 Å². The number of benzene rings is 1. The van der Waals surface area contributed by atoms with E-state index in [1.165, 1.54) is 6.07 Å². The molecule has 2 rings (SSSR count). The lowest BCUT2D eigenvalue weighted by atomic mass is 10.1. The van der Waals surface area contributed by atoms with Gasteiger partial charge in [-0.05, 0) is 45.0 Å². The third-order valence-electron chi connectivity index (χ3n) is 2.60. The Bertz CT molecular complexity index is 572. The van der Waals surface area contributed by atoms with Crippen molar-refractivity contribution in [3.8, 4) is 5.69 Å². The van der Waals surface area contributed by atoms with Gasteiger partial charge >= 0.3 is 0 Å². The summed E-state index contributed by atoms with van der Waals surface area (Å²) >= 11 is 3.24. The minimum absolute atomic E-state index is 0.0344. The van der Waals surface area contributed by atoms with Crippen LogP contribution < -0.4 is 5.32 Å². The minimum Gasteiger partial charge on any atom is -0.306 e. The fourth-order valence-electron chi connectivity index (χ4n) is 1.61. The van der Waals surface area contributed by atoms with Crippen LogP contribution in [0, 0.1) is 5.82 Å². The Labute approximate surface area is 121 Å². The van der Waals surface area contributed by atoms with Crippen molar-refractivity contribution in [1.82, 2.24) is 15.1 Å². The Morgan fingerprint density at radius 2 is 2.05 bits per heavy atom. The predicted molar refractivity (Wildman–Crippen MR) is 77.8 cm³/mol. The van der Waals surface area contributed by atoms with Gasteiger partial charge in [0.25, 0.3) is 0 Å². The molecule has 0 fully saturated rings. The molecule has 19 heavy (non-hydrogen) atoms. The zero-order valence-corrected chi connectivity index (χ0v) is 12.8. The van der Waals surface area contributed by atoms with Crippen LogP contribution in [0.2, 0.25) is 0 Å². The Kier molecular flexibility index (Phi) is 4.06. The second-order valence-electron chi connectivity index (χ2n) is 5.45. The molecule has 0 saturated heterocycles. The molecule has 0 saturated carbocycles. The summed E-state index contributed by atoms with van der Waals surface area (Å²) in [6, 6.07) is 6.82. The Hall–Kier alpha value is -1.20. The molecule has 3 nitrogen and oxygen atoms in total. The van der Waals surface area contributed by atoms with Crippen molar-refractivity contribution in [2.75, 3.05) is 0 Å². The summed E-state index contributed by atoms with van der Waals surface area (Å²) < 4.78 is 16.1. The molecule has 0 bridgehead atoms. The van der Waals surface area contributed by atoms with Gasteiger partial charge in [0.05, 0.1) is 5.69 Å². The largest absolute Gasteiger partial charge is 0.306 e. The smallest absolute Gasteiger partial charge is 0.149 e. The second kappa shape index (κ2) is 5.43. The first-order chi connectivity index (χ1) is 8.85. The third kappa shape index (κ3) is 3.88. The van der Waals surface area contributed by atoms with Crippen molar-refractivity contribution in [3.05, 3.63) is 46.4 Å². The average molecular weight is 326 g/mol. The number of hydrogen-bond acceptors (Lipinski definition) is 2. The van der Waals surface area contributed by atoms with Crippen LogP contribution in [0.1, 0.15) is 26.5 Å². The maximum absolute atomic E-state index is 13.8. The van der Waals surface area contributed by atoms with Crippen LogP contribution >= 0.6 is 15.9 Å². The van der Waals surface area contributed by atoms with Gasteiger partial charge in [-0.3, -0.25) is 0 Å². The van der Waals surface area contributed by atoms with Gasteiger partial charge < -0.3 is 5.32 Å². The van der Waals surface area contributed by atoms with Crippen LogP contribution in [0.25, 0.3) is 5.69 Å². The second-order valence-corrected chi connectivity index (χ2v) is 6.37. The van der Waals surface area contributed by atoms with Crippen molar-refractivity contribution in [1.29, 1.82) is 0 Å². The zero-order chi connectivity index (χ0) is 14.0. The van der Waals surface area contributed by atoms with Gasteiger partial charge in [-0.1, -0.05) is 15.9 Å². The Balaban J connectivity index is 2.16. The molecular formula is C14H17BrFN3. The van der Waals surface area contributed by atoms with E-state index < -0.39 is 0 Å². The fraction of sp³-hybridized carbons (Fsp3) is 0.357. The molecule has 0 aliphatic heterocycles. The first-order valence-electron chi connectivity index (χ1n) is 6.10. The van der Waals surface area contributed by atoms with Gasteiger partial charge in [0.2, 0.25) is 0 Å². The minimum atomic E-state index is -0.298. The summed E-state index contributed by atoms with van der Waals surface area (Å²) in [4.78, 5) is 0. The monoisotopic (exact) mass is 325 g/mol. The Morgan fingerprint density at radius 1 is 1.32 bits per heavy atom. The average Bonchev–Trinajstić information content (AvgIpc) is 2.74. The highest BCUT2D eigenvalue weighted by Gasteiger charge is 2.11. The van der Waals surface area contributed by atoms with Crippen LogP contribution in [-0.4, -0.2) is 15.3 Å². The highest BCUT2D eigenvalue weighted by atomic mass is 79.9. The summed E-state index contributed by atoms with van der Waals surface area (Å²) in [7, 11) is 0. The number of halogens is 2. The number of nitrogens with zero attached hydrogens (tertiary/aromatic N) is 2. The first kappa shape index (κ1) is 14.2. The molecule has 5 heteroatoms. The van der Waals surface area contributed by atoms with Gasteiger partial charge in [0.15, 0.2) is 0 Å². The molecule has 1 aromatic heterocycles. The molecule has 0 aliphatic carbocycles. The third-order valence-corrected chi connectivity index (χ3v) is 3.09. The molecule has 0 unspecified atom stereocenters. The zero-order valence-electron chi connectivity index (χ0n) is 11.2. The lowest BCUT2D eigenvalue weighted by molar-refractivity contribution is 0.420. The number of rotatable bonds is 3. The van der Waals surface area contributed by atoms with Gasteiger partial charge in [-0.25, -0.2) is 9.07 Å². The maximum Gasteiger partial charge on any atom is 0.149 e. The van der Waals surface area contributed by atoms with E-state index in [1.54, 1.807) is 23.0 Å². The molecule has 0 atom stereocenters. The quantitative estimate of drug-likeness (QED) is 0.933. The number of nitrogens with one attached hydrogen (secondary N) is 1. The van der Waals surface area contributed by atoms with Gasteiger partial charge in [0, 0.05) is 22.8 Å². The molecule has 0 amide bonds. The van der Waals surface area contributed by atoms with E-state index in [0.29, 0.717) is 12.2 Å². The highest BCUT2D eigenvalue weighted by molar-refractivity contribution is 9.10. The summed E-state index contributed by atoms with van der Waals surface area (Å²) in [5.41, 5.74) is 1.37. The van der Waals surface area contributed by atoms with Gasteiger partial charge in [0.1, 0.15) is 11.5 Å². The summed E-state index contributed by atoms with van der Waals surface area (Å²) in [5, 5.41) is 7.72. The molecule has 0 spiro atoms. The summed E-state index contributed by atoms with van der Waals surface area (Å²) in [6.45, 7) is 6.95. The molecule has 1 heterocycles. The maximum atomic E-state index is 13.8. The predicted octanol–water partition coefficient (Wildman–Crippen LogP) is 3.66. The van der Waals surface area contributed by atoms with Crippen molar-refractivity contribution in [3.63, 3.8) is 0 Å². The topological polar surface area (TPSA) is 29.9 Å². The van der Waals surface area contributed by atoms with Gasteiger partial charge in [-0.15, -0.1) is 0 Å². The van der Waals surface area contributed by atoms with E-state index in [-0.39, 0.29) is 11.4 Å². The summed E-state index contributed by atoms with van der Waals surface area (Å²) in [6.07, 6.45) is 1.77. The van der Waals surface area contributed by atoms with Crippen LogP contribution in [-0.2, 0) is 6.54 Å². The molecule has 102 valence electrons. The van der Waals surface area contributed by atoms with Crippen molar-refractivity contribution in [2.24, 2.45) is 0 Å². The van der Waals surface area contributed by atoms with Crippen LogP contribution in [0.5, 0.6) is 0 Å². The van der Waals surface area contributed by atoms with Crippen molar-refractivity contribution >= 4 is 15.9 Å². The van der Waals surface area contributed by atoms with E-state index in [1.807, 2.05) is 6.07 Å². The molecule has 2 aromatic rings. The number of aromatic nitrogens is 2. The summed E-state index contributed by atoms with van der Waals surface area (Å²) in [5.74, 6) is -0.298. The van der Waals surface area contributed by atoms with E-state index in [4.69, 9.17) is 0 Å². The van der Waals surface area contributed by atoms with Gasteiger partial charge in [-0.2, -0.15) is 5.10 Å². The molecule has 0 aliphatic rings. The molecule has 1 aromatic carbocycles. The highest BCUT2D eigenvalue weighted by Crippen LogP contribution is 2.18. The molecule has 1 N–H and O–H groups in total. The molecule has 0 radical (unpaired) electrons. The SMILES string of the molecule is CC(C)(C)NCc1ccn(-c2ccc(Br)cc2F)n1. The number of hydrogen-bond donors (Lipinski definition) is 1. The lowest BCUT2D eigenvalue weighted by Crippen LogP contribution is -2.35. The fourth-order valence-corrected chi connectivity index (χ4v) is 1.95. The molecular weight excluding hydrogens is 309 g/mol. The lowest BCUT2D eigenvalue weighted by Gasteiger charge is -2.19. The van der Waals surface area contributed by atoms with Crippen LogP contribution in [0.4, 0.5) is 4.39 Å². The first-order valence-corrected chi connectivity index (χ1v) is 6.89. The van der Waals surface area contributed by atoms with Crippen molar-refractivity contribution in [2.45, 2.75) is 32.9 Å². The van der Waals surface area contributed by atoms with E-state index >= 15 is 0 Å². The van der Waals surface area contributed by atoms with Crippen LogP contribution in [0.15, 0.2) is 34.9 Å². The van der Waals surface area contributed by atoms with E-state index in [9.17, 15) is 4.39 Å². The van der Waals surface area contributed by atoms with E-state index in [2.05, 4.69) is 47.1 Å². The standard InChI is InChI=1S/C14H17BrFN3/c1-14(2,3)17-9-11-6-7-19(18-11)13-5-4-10(15)8-12(13)16/h4-8,17H,9H2,1-3H3. The van der Waals surface area contributed by atoms with E-state index in [0.717, 1.165) is 10.2 Å².